The van der Waals surface area contributed by atoms with Gasteiger partial charge in [-0.3, -0.25) is 0 Å². The van der Waals surface area contributed by atoms with Crippen molar-refractivity contribution in [3.8, 4) is 5.75 Å². The number of nitrogens with zero attached hydrogens (tertiary/aromatic N) is 2. The zero-order valence-electron chi connectivity index (χ0n) is 17.9. The van der Waals surface area contributed by atoms with Crippen molar-refractivity contribution in [1.29, 1.82) is 0 Å². The lowest BCUT2D eigenvalue weighted by atomic mass is 9.86. The summed E-state index contributed by atoms with van der Waals surface area (Å²) in [5, 5.41) is 8.25. The number of hydrogen-bond acceptors (Lipinski definition) is 6. The second-order valence-corrected chi connectivity index (χ2v) is 10.1. The van der Waals surface area contributed by atoms with Gasteiger partial charge in [0, 0.05) is 27.3 Å². The van der Waals surface area contributed by atoms with Crippen LogP contribution in [0.4, 0.5) is 17.2 Å². The van der Waals surface area contributed by atoms with Crippen LogP contribution in [0, 0.1) is 5.92 Å². The average Bonchev–Trinajstić information content (AvgIpc) is 3.18. The molecule has 32 heavy (non-hydrogen) atoms. The molecule has 0 bridgehead atoms. The number of fused-ring (bicyclic) bond motifs is 3. The topological polar surface area (TPSA) is 59.1 Å². The Morgan fingerprint density at radius 2 is 2.00 bits per heavy atom. The van der Waals surface area contributed by atoms with Crippen molar-refractivity contribution in [1.82, 2.24) is 9.97 Å². The summed E-state index contributed by atoms with van der Waals surface area (Å²) in [6, 6.07) is 16.3. The number of benzene rings is 2. The first-order valence-electron chi connectivity index (χ1n) is 10.9. The van der Waals surface area contributed by atoms with Crippen LogP contribution >= 0.6 is 27.3 Å². The van der Waals surface area contributed by atoms with Gasteiger partial charge < -0.3 is 15.4 Å². The average molecular weight is 509 g/mol. The molecule has 0 saturated carbocycles. The standard InChI is InChI=1S/C25H25BrN4OS/c1-31-20-8-6-18(7-9-20)27-12-11-16-5-10-21-22(13-16)32-25-23(21)24(28-15-29-25)30-19-4-2-3-17(26)14-19/h2-4,6-9,14-16,27H,5,10-13H2,1H3,(H,28,29,30). The summed E-state index contributed by atoms with van der Waals surface area (Å²) in [5.41, 5.74) is 3.60. The Morgan fingerprint density at radius 1 is 1.12 bits per heavy atom. The van der Waals surface area contributed by atoms with Gasteiger partial charge in [0.1, 0.15) is 22.7 Å². The van der Waals surface area contributed by atoms with E-state index < -0.39 is 0 Å². The Hall–Kier alpha value is -2.64. The number of aromatic nitrogens is 2. The number of hydrogen-bond donors (Lipinski definition) is 2. The maximum absolute atomic E-state index is 5.23. The third-order valence-corrected chi connectivity index (χ3v) is 7.66. The van der Waals surface area contributed by atoms with Gasteiger partial charge in [-0.2, -0.15) is 0 Å². The molecular formula is C25H25BrN4OS. The van der Waals surface area contributed by atoms with Crippen molar-refractivity contribution < 1.29 is 4.74 Å². The number of methoxy groups -OCH3 is 1. The Balaban J connectivity index is 1.27. The Kier molecular flexibility index (Phi) is 6.28. The first kappa shape index (κ1) is 21.2. The molecule has 2 aromatic heterocycles. The molecule has 5 rings (SSSR count). The molecule has 5 nitrogen and oxygen atoms in total. The highest BCUT2D eigenvalue weighted by Gasteiger charge is 2.25. The minimum Gasteiger partial charge on any atom is -0.497 e. The summed E-state index contributed by atoms with van der Waals surface area (Å²) < 4.78 is 6.28. The molecule has 164 valence electrons. The third-order valence-electron chi connectivity index (χ3n) is 6.01. The van der Waals surface area contributed by atoms with Crippen LogP contribution in [0.2, 0.25) is 0 Å². The van der Waals surface area contributed by atoms with E-state index in [4.69, 9.17) is 4.74 Å². The van der Waals surface area contributed by atoms with Gasteiger partial charge in [-0.25, -0.2) is 9.97 Å². The zero-order valence-corrected chi connectivity index (χ0v) is 20.3. The summed E-state index contributed by atoms with van der Waals surface area (Å²) in [6.07, 6.45) is 6.24. The number of rotatable bonds is 7. The molecule has 2 heterocycles. The van der Waals surface area contributed by atoms with Crippen LogP contribution in [-0.4, -0.2) is 23.6 Å². The summed E-state index contributed by atoms with van der Waals surface area (Å²) in [6.45, 7) is 0.979. The molecule has 1 unspecified atom stereocenters. The number of halogens is 1. The van der Waals surface area contributed by atoms with E-state index in [-0.39, 0.29) is 0 Å². The molecule has 0 fully saturated rings. The fraction of sp³-hybridized carbons (Fsp3) is 0.280. The fourth-order valence-electron chi connectivity index (χ4n) is 4.35. The highest BCUT2D eigenvalue weighted by Crippen LogP contribution is 2.41. The number of aryl methyl sites for hydroxylation is 1. The van der Waals surface area contributed by atoms with Crippen molar-refractivity contribution in [3.63, 3.8) is 0 Å². The van der Waals surface area contributed by atoms with E-state index in [0.29, 0.717) is 5.92 Å². The molecule has 4 aromatic rings. The zero-order chi connectivity index (χ0) is 21.9. The van der Waals surface area contributed by atoms with Crippen LogP contribution in [0.15, 0.2) is 59.3 Å². The maximum Gasteiger partial charge on any atom is 0.142 e. The summed E-state index contributed by atoms with van der Waals surface area (Å²) >= 11 is 5.38. The van der Waals surface area contributed by atoms with E-state index in [2.05, 4.69) is 60.8 Å². The van der Waals surface area contributed by atoms with E-state index in [1.807, 2.05) is 35.6 Å². The van der Waals surface area contributed by atoms with E-state index in [1.54, 1.807) is 13.4 Å². The van der Waals surface area contributed by atoms with Crippen molar-refractivity contribution in [2.75, 3.05) is 24.3 Å². The number of ether oxygens (including phenoxy) is 1. The molecule has 1 aliphatic rings. The predicted octanol–water partition coefficient (Wildman–Crippen LogP) is 6.81. The number of anilines is 3. The minimum absolute atomic E-state index is 0.691. The number of nitrogens with one attached hydrogen (secondary N) is 2. The van der Waals surface area contributed by atoms with Gasteiger partial charge in [0.2, 0.25) is 0 Å². The Labute approximate surface area is 200 Å². The van der Waals surface area contributed by atoms with Crippen molar-refractivity contribution >= 4 is 54.7 Å². The summed E-state index contributed by atoms with van der Waals surface area (Å²) in [4.78, 5) is 11.7. The summed E-state index contributed by atoms with van der Waals surface area (Å²) in [7, 11) is 1.69. The van der Waals surface area contributed by atoms with Crippen molar-refractivity contribution in [2.45, 2.75) is 25.7 Å². The van der Waals surface area contributed by atoms with Gasteiger partial charge in [-0.1, -0.05) is 22.0 Å². The molecule has 1 atom stereocenters. The first-order chi connectivity index (χ1) is 15.7. The monoisotopic (exact) mass is 508 g/mol. The molecule has 1 aliphatic carbocycles. The predicted molar refractivity (Wildman–Crippen MR) is 136 cm³/mol. The normalized spacial score (nSPS) is 15.4. The van der Waals surface area contributed by atoms with E-state index >= 15 is 0 Å². The highest BCUT2D eigenvalue weighted by atomic mass is 79.9. The largest absolute Gasteiger partial charge is 0.497 e. The Bertz CT molecular complexity index is 1220. The minimum atomic E-state index is 0.691. The molecule has 0 saturated heterocycles. The molecule has 2 aromatic carbocycles. The quantitative estimate of drug-likeness (QED) is 0.287. The number of thiophene rings is 1. The van der Waals surface area contributed by atoms with Gasteiger partial charge in [-0.15, -0.1) is 11.3 Å². The second kappa shape index (κ2) is 9.46. The maximum atomic E-state index is 5.23. The molecule has 0 amide bonds. The van der Waals surface area contributed by atoms with Crippen molar-refractivity contribution in [2.24, 2.45) is 5.92 Å². The third kappa shape index (κ3) is 4.59. The smallest absolute Gasteiger partial charge is 0.142 e. The van der Waals surface area contributed by atoms with Crippen LogP contribution in [0.3, 0.4) is 0 Å². The lowest BCUT2D eigenvalue weighted by Crippen LogP contribution is -2.16. The Morgan fingerprint density at radius 3 is 2.81 bits per heavy atom. The molecule has 7 heteroatoms. The first-order valence-corrected chi connectivity index (χ1v) is 12.5. The summed E-state index contributed by atoms with van der Waals surface area (Å²) in [5.74, 6) is 2.48. The van der Waals surface area contributed by atoms with Gasteiger partial charge in [0.05, 0.1) is 12.5 Å². The van der Waals surface area contributed by atoms with Crippen LogP contribution in [-0.2, 0) is 12.8 Å². The highest BCUT2D eigenvalue weighted by molar-refractivity contribution is 9.10. The molecular weight excluding hydrogens is 484 g/mol. The molecule has 2 N–H and O–H groups in total. The van der Waals surface area contributed by atoms with Gasteiger partial charge in [-0.05, 0) is 79.6 Å². The molecule has 0 radical (unpaired) electrons. The van der Waals surface area contributed by atoms with E-state index in [9.17, 15) is 0 Å². The molecule has 0 spiro atoms. The fourth-order valence-corrected chi connectivity index (χ4v) is 6.05. The van der Waals surface area contributed by atoms with Crippen LogP contribution in [0.5, 0.6) is 5.75 Å². The van der Waals surface area contributed by atoms with Crippen LogP contribution in [0.1, 0.15) is 23.3 Å². The van der Waals surface area contributed by atoms with Gasteiger partial charge >= 0.3 is 0 Å². The lowest BCUT2D eigenvalue weighted by Gasteiger charge is -2.22. The molecule has 0 aliphatic heterocycles. The van der Waals surface area contributed by atoms with Crippen molar-refractivity contribution in [3.05, 3.63) is 69.8 Å². The SMILES string of the molecule is COc1ccc(NCCC2CCc3c(sc4ncnc(Nc5cccc(Br)c5)c34)C2)cc1. The lowest BCUT2D eigenvalue weighted by molar-refractivity contribution is 0.415. The van der Waals surface area contributed by atoms with Crippen LogP contribution < -0.4 is 15.4 Å². The van der Waals surface area contributed by atoms with E-state index in [0.717, 1.165) is 58.1 Å². The van der Waals surface area contributed by atoms with E-state index in [1.165, 1.54) is 22.2 Å². The van der Waals surface area contributed by atoms with Gasteiger partial charge in [0.25, 0.3) is 0 Å². The van der Waals surface area contributed by atoms with Gasteiger partial charge in [0.15, 0.2) is 0 Å². The van der Waals surface area contributed by atoms with Crippen LogP contribution in [0.25, 0.3) is 10.2 Å². The second-order valence-electron chi connectivity index (χ2n) is 8.09.